The fourth-order valence-corrected chi connectivity index (χ4v) is 4.86. The van der Waals surface area contributed by atoms with E-state index in [2.05, 4.69) is 4.98 Å². The number of fused-ring (bicyclic) bond motifs is 2. The summed E-state index contributed by atoms with van der Waals surface area (Å²) in [7, 11) is 0. The average Bonchev–Trinajstić information content (AvgIpc) is 3.41. The Morgan fingerprint density at radius 2 is 1.97 bits per heavy atom. The van der Waals surface area contributed by atoms with Crippen molar-refractivity contribution in [3.05, 3.63) is 81.6 Å². The lowest BCUT2D eigenvalue weighted by molar-refractivity contribution is -0.534. The second-order valence-corrected chi connectivity index (χ2v) is 8.20. The Labute approximate surface area is 178 Å². The molecular formula is C24H22N2O5. The van der Waals surface area contributed by atoms with Crippen LogP contribution in [0, 0.1) is 22.0 Å². The van der Waals surface area contributed by atoms with Crippen molar-refractivity contribution in [3.63, 3.8) is 0 Å². The minimum absolute atomic E-state index is 0.131. The van der Waals surface area contributed by atoms with E-state index in [-0.39, 0.29) is 30.0 Å². The number of benzene rings is 2. The number of carbonyl (C=O) groups is 1. The van der Waals surface area contributed by atoms with Gasteiger partial charge < -0.3 is 14.5 Å². The summed E-state index contributed by atoms with van der Waals surface area (Å²) in [6, 6.07) is 12.9. The van der Waals surface area contributed by atoms with E-state index in [4.69, 9.17) is 9.47 Å². The van der Waals surface area contributed by atoms with Crippen molar-refractivity contribution in [1.29, 1.82) is 0 Å². The Balaban J connectivity index is 1.50. The van der Waals surface area contributed by atoms with Gasteiger partial charge in [-0.15, -0.1) is 0 Å². The summed E-state index contributed by atoms with van der Waals surface area (Å²) in [5.74, 6) is 0.988. The first kappa shape index (κ1) is 19.4. The highest BCUT2D eigenvalue weighted by Gasteiger charge is 2.41. The van der Waals surface area contributed by atoms with Crippen LogP contribution in [0.4, 0.5) is 0 Å². The molecule has 1 N–H and O–H groups in total. The molecule has 31 heavy (non-hydrogen) atoms. The Kier molecular flexibility index (Phi) is 4.94. The van der Waals surface area contributed by atoms with E-state index in [1.165, 1.54) is 0 Å². The van der Waals surface area contributed by atoms with Gasteiger partial charge in [0.05, 0.1) is 0 Å². The molecule has 0 radical (unpaired) electrons. The van der Waals surface area contributed by atoms with E-state index in [0.717, 1.165) is 28.3 Å². The number of aldehydes is 1. The Morgan fingerprint density at radius 3 is 2.81 bits per heavy atom. The van der Waals surface area contributed by atoms with E-state index < -0.39 is 6.04 Å². The third-order valence-electron chi connectivity index (χ3n) is 6.38. The topological polar surface area (TPSA) is 94.5 Å². The van der Waals surface area contributed by atoms with Gasteiger partial charge in [-0.1, -0.05) is 30.3 Å². The fourth-order valence-electron chi connectivity index (χ4n) is 4.86. The zero-order valence-electron chi connectivity index (χ0n) is 16.8. The molecule has 2 aromatic carbocycles. The number of nitrogens with zero attached hydrogens (tertiary/aromatic N) is 1. The van der Waals surface area contributed by atoms with Gasteiger partial charge in [-0.3, -0.25) is 14.9 Å². The molecule has 3 atom stereocenters. The first-order chi connectivity index (χ1) is 15.1. The number of para-hydroxylation sites is 1. The largest absolute Gasteiger partial charge is 0.454 e. The molecule has 0 saturated heterocycles. The molecule has 0 amide bonds. The van der Waals surface area contributed by atoms with Crippen LogP contribution in [0.3, 0.4) is 0 Å². The Bertz CT molecular complexity index is 1180. The zero-order chi connectivity index (χ0) is 21.4. The van der Waals surface area contributed by atoms with Gasteiger partial charge in [0.15, 0.2) is 11.5 Å². The summed E-state index contributed by atoms with van der Waals surface area (Å²) in [5.41, 5.74) is 3.61. The third kappa shape index (κ3) is 3.67. The molecule has 1 aliphatic carbocycles. The van der Waals surface area contributed by atoms with E-state index >= 15 is 0 Å². The molecule has 2 aliphatic rings. The number of nitrogens with one attached hydrogen (secondary N) is 1. The van der Waals surface area contributed by atoms with Gasteiger partial charge in [0.25, 0.3) is 0 Å². The monoisotopic (exact) mass is 418 g/mol. The van der Waals surface area contributed by atoms with Gasteiger partial charge in [0, 0.05) is 34.4 Å². The highest BCUT2D eigenvalue weighted by atomic mass is 16.7. The molecule has 7 heteroatoms. The molecule has 1 aliphatic heterocycles. The maximum Gasteiger partial charge on any atom is 0.231 e. The van der Waals surface area contributed by atoms with Gasteiger partial charge in [-0.2, -0.15) is 0 Å². The van der Waals surface area contributed by atoms with Crippen LogP contribution in [-0.4, -0.2) is 29.0 Å². The number of H-pyrrole nitrogens is 1. The van der Waals surface area contributed by atoms with Crippen LogP contribution in [0.2, 0.25) is 0 Å². The number of aromatic nitrogens is 1. The fraction of sp³-hybridized carbons (Fsp3) is 0.292. The summed E-state index contributed by atoms with van der Waals surface area (Å²) in [4.78, 5) is 26.6. The van der Waals surface area contributed by atoms with Crippen LogP contribution in [0.5, 0.6) is 11.5 Å². The normalized spacial score (nSPS) is 22.3. The number of hydrogen-bond acceptors (Lipinski definition) is 5. The van der Waals surface area contributed by atoms with Crippen molar-refractivity contribution in [3.8, 4) is 11.5 Å². The number of nitro groups is 1. The van der Waals surface area contributed by atoms with Crippen molar-refractivity contribution in [2.75, 3.05) is 6.79 Å². The predicted octanol–water partition coefficient (Wildman–Crippen LogP) is 4.09. The van der Waals surface area contributed by atoms with Crippen LogP contribution >= 0.6 is 0 Å². The van der Waals surface area contributed by atoms with E-state index in [1.807, 2.05) is 54.7 Å². The standard InChI is InChI=1S/C24H22N2O5/c27-13-16-7-17(11-18-12-25-21-4-2-1-3-19(18)21)20(22(9-16)26(28)29)8-15-5-6-23-24(10-15)31-14-30-23/h1-7,10,12-13,17,20,22,25H,8-9,11,14H2/t17-,20-,22+/m1/s1. The van der Waals surface area contributed by atoms with Crippen molar-refractivity contribution in [2.24, 2.45) is 11.8 Å². The summed E-state index contributed by atoms with van der Waals surface area (Å²) < 4.78 is 10.9. The molecule has 0 fully saturated rings. The van der Waals surface area contributed by atoms with Gasteiger partial charge in [0.1, 0.15) is 6.29 Å². The van der Waals surface area contributed by atoms with Gasteiger partial charge in [0.2, 0.25) is 12.8 Å². The zero-order valence-corrected chi connectivity index (χ0v) is 16.8. The maximum absolute atomic E-state index is 12.0. The van der Waals surface area contributed by atoms with Crippen LogP contribution in [-0.2, 0) is 17.6 Å². The summed E-state index contributed by atoms with van der Waals surface area (Å²) >= 11 is 0. The van der Waals surface area contributed by atoms with Crippen molar-refractivity contribution < 1.29 is 19.2 Å². The number of carbonyl (C=O) groups excluding carboxylic acids is 1. The van der Waals surface area contributed by atoms with Crippen LogP contribution in [0.1, 0.15) is 17.5 Å². The lowest BCUT2D eigenvalue weighted by Gasteiger charge is -2.31. The maximum atomic E-state index is 12.0. The second-order valence-electron chi connectivity index (χ2n) is 8.20. The first-order valence-corrected chi connectivity index (χ1v) is 10.4. The minimum Gasteiger partial charge on any atom is -0.454 e. The molecular weight excluding hydrogens is 396 g/mol. The highest BCUT2D eigenvalue weighted by Crippen LogP contribution is 2.38. The highest BCUT2D eigenvalue weighted by molar-refractivity contribution is 5.83. The molecule has 2 heterocycles. The first-order valence-electron chi connectivity index (χ1n) is 10.4. The summed E-state index contributed by atoms with van der Waals surface area (Å²) in [5, 5.41) is 13.1. The molecule has 5 rings (SSSR count). The molecule has 0 saturated carbocycles. The lowest BCUT2D eigenvalue weighted by atomic mass is 9.72. The smallest absolute Gasteiger partial charge is 0.231 e. The third-order valence-corrected chi connectivity index (χ3v) is 6.38. The number of rotatable bonds is 6. The lowest BCUT2D eigenvalue weighted by Crippen LogP contribution is -2.39. The van der Waals surface area contributed by atoms with E-state index in [1.54, 1.807) is 0 Å². The van der Waals surface area contributed by atoms with Crippen molar-refractivity contribution in [1.82, 2.24) is 4.98 Å². The summed E-state index contributed by atoms with van der Waals surface area (Å²) in [6.45, 7) is 0.189. The molecule has 7 nitrogen and oxygen atoms in total. The van der Waals surface area contributed by atoms with Crippen molar-refractivity contribution in [2.45, 2.75) is 25.3 Å². The van der Waals surface area contributed by atoms with Gasteiger partial charge in [-0.25, -0.2) is 0 Å². The van der Waals surface area contributed by atoms with E-state index in [9.17, 15) is 14.9 Å². The van der Waals surface area contributed by atoms with Crippen molar-refractivity contribution >= 4 is 17.2 Å². The van der Waals surface area contributed by atoms with Crippen LogP contribution in [0.15, 0.2) is 60.3 Å². The molecule has 3 aromatic rings. The minimum atomic E-state index is -0.814. The van der Waals surface area contributed by atoms with Crippen LogP contribution in [0.25, 0.3) is 10.9 Å². The molecule has 0 bridgehead atoms. The predicted molar refractivity (Wildman–Crippen MR) is 115 cm³/mol. The second kappa shape index (κ2) is 7.91. The summed E-state index contributed by atoms with van der Waals surface area (Å²) in [6.07, 6.45) is 5.98. The van der Waals surface area contributed by atoms with Gasteiger partial charge >= 0.3 is 0 Å². The Hall–Kier alpha value is -3.61. The van der Waals surface area contributed by atoms with Crippen LogP contribution < -0.4 is 9.47 Å². The number of hydrogen-bond donors (Lipinski definition) is 1. The Morgan fingerprint density at radius 1 is 1.13 bits per heavy atom. The molecule has 0 unspecified atom stereocenters. The number of ether oxygens (including phenoxy) is 2. The molecule has 0 spiro atoms. The van der Waals surface area contributed by atoms with E-state index in [0.29, 0.717) is 29.9 Å². The quantitative estimate of drug-likeness (QED) is 0.370. The number of allylic oxidation sites excluding steroid dienone is 1. The number of aromatic amines is 1. The average molecular weight is 418 g/mol. The molecule has 158 valence electrons. The SMILES string of the molecule is O=CC1=C[C@H](Cc2c[nH]c3ccccc23)[C@@H](Cc2ccc3c(c2)OCO3)[C@@H]([N+](=O)[O-])C1. The molecule has 1 aromatic heterocycles. The van der Waals surface area contributed by atoms with Gasteiger partial charge in [-0.05, 0) is 53.7 Å².